The SMILES string of the molecule is COc1ccc(COc2ccccc2C=C(C)CC(C)CCc2ccc([N+](=O)[O-])cc2)cc1. The number of non-ortho nitro benzene ring substituents is 1. The van der Waals surface area contributed by atoms with Crippen molar-refractivity contribution in [2.45, 2.75) is 39.7 Å². The Balaban J connectivity index is 1.55. The Kier molecular flexibility index (Phi) is 8.64. The number of nitro groups is 1. The van der Waals surface area contributed by atoms with Crippen molar-refractivity contribution >= 4 is 11.8 Å². The highest BCUT2D eigenvalue weighted by Gasteiger charge is 2.08. The van der Waals surface area contributed by atoms with Crippen LogP contribution in [0.1, 0.15) is 43.4 Å². The number of hydrogen-bond donors (Lipinski definition) is 0. The van der Waals surface area contributed by atoms with Gasteiger partial charge in [-0.3, -0.25) is 10.1 Å². The fraction of sp³-hybridized carbons (Fsp3) is 0.286. The Labute approximate surface area is 195 Å². The first kappa shape index (κ1) is 24.1. The lowest BCUT2D eigenvalue weighted by atomic mass is 9.94. The van der Waals surface area contributed by atoms with Crippen molar-refractivity contribution in [3.8, 4) is 11.5 Å². The summed E-state index contributed by atoms with van der Waals surface area (Å²) >= 11 is 0. The van der Waals surface area contributed by atoms with E-state index in [0.29, 0.717) is 12.5 Å². The highest BCUT2D eigenvalue weighted by molar-refractivity contribution is 5.59. The minimum absolute atomic E-state index is 0.137. The second-order valence-corrected chi connectivity index (χ2v) is 8.44. The van der Waals surface area contributed by atoms with E-state index in [1.165, 1.54) is 5.57 Å². The number of rotatable bonds is 11. The molecule has 5 nitrogen and oxygen atoms in total. The largest absolute Gasteiger partial charge is 0.497 e. The second kappa shape index (κ2) is 11.9. The lowest BCUT2D eigenvalue weighted by molar-refractivity contribution is -0.384. The van der Waals surface area contributed by atoms with Crippen LogP contribution in [0.4, 0.5) is 5.69 Å². The predicted octanol–water partition coefficient (Wildman–Crippen LogP) is 7.24. The van der Waals surface area contributed by atoms with Crippen molar-refractivity contribution in [3.63, 3.8) is 0 Å². The van der Waals surface area contributed by atoms with Gasteiger partial charge in [-0.1, -0.05) is 61.0 Å². The van der Waals surface area contributed by atoms with Gasteiger partial charge in [0, 0.05) is 17.7 Å². The number of methoxy groups -OCH3 is 1. The maximum absolute atomic E-state index is 10.8. The number of aryl methyl sites for hydroxylation is 1. The molecule has 33 heavy (non-hydrogen) atoms. The molecule has 3 rings (SSSR count). The summed E-state index contributed by atoms with van der Waals surface area (Å²) in [5.74, 6) is 2.20. The minimum Gasteiger partial charge on any atom is -0.497 e. The summed E-state index contributed by atoms with van der Waals surface area (Å²) in [6.07, 6.45) is 5.12. The minimum atomic E-state index is -0.362. The number of hydrogen-bond acceptors (Lipinski definition) is 4. The number of benzene rings is 3. The molecular formula is C28H31NO4. The summed E-state index contributed by atoms with van der Waals surface area (Å²) < 4.78 is 11.3. The van der Waals surface area contributed by atoms with Crippen LogP contribution in [0.3, 0.4) is 0 Å². The standard InChI is InChI=1S/C28H31NO4/c1-21(8-9-23-10-14-26(15-11-23)29(30)31)18-22(2)19-25-6-4-5-7-28(25)33-20-24-12-16-27(32-3)17-13-24/h4-7,10-17,19,21H,8-9,18,20H2,1-3H3. The highest BCUT2D eigenvalue weighted by Crippen LogP contribution is 2.26. The van der Waals surface area contributed by atoms with E-state index in [-0.39, 0.29) is 10.6 Å². The van der Waals surface area contributed by atoms with Gasteiger partial charge in [0.1, 0.15) is 18.1 Å². The van der Waals surface area contributed by atoms with E-state index in [1.807, 2.05) is 54.6 Å². The molecule has 0 spiro atoms. The Morgan fingerprint density at radius 2 is 1.67 bits per heavy atom. The molecule has 0 radical (unpaired) electrons. The normalized spacial score (nSPS) is 12.3. The highest BCUT2D eigenvalue weighted by atomic mass is 16.6. The first-order valence-corrected chi connectivity index (χ1v) is 11.2. The molecule has 3 aromatic rings. The van der Waals surface area contributed by atoms with E-state index in [9.17, 15) is 10.1 Å². The Hall–Kier alpha value is -3.60. The molecule has 0 saturated heterocycles. The van der Waals surface area contributed by atoms with Gasteiger partial charge < -0.3 is 9.47 Å². The van der Waals surface area contributed by atoms with Gasteiger partial charge in [-0.15, -0.1) is 0 Å². The zero-order valence-electron chi connectivity index (χ0n) is 19.5. The first-order chi connectivity index (χ1) is 15.9. The summed E-state index contributed by atoms with van der Waals surface area (Å²) in [5.41, 5.74) is 4.73. The molecule has 0 saturated carbocycles. The number of nitro benzene ring substituents is 1. The summed E-state index contributed by atoms with van der Waals surface area (Å²) in [5, 5.41) is 10.8. The van der Waals surface area contributed by atoms with E-state index in [0.717, 1.165) is 47.5 Å². The molecule has 3 aromatic carbocycles. The number of para-hydroxylation sites is 1. The molecule has 0 aromatic heterocycles. The Bertz CT molecular complexity index is 1070. The van der Waals surface area contributed by atoms with Crippen molar-refractivity contribution in [1.82, 2.24) is 0 Å². The average Bonchev–Trinajstić information content (AvgIpc) is 2.82. The van der Waals surface area contributed by atoms with E-state index >= 15 is 0 Å². The molecule has 1 unspecified atom stereocenters. The molecule has 1 atom stereocenters. The molecule has 172 valence electrons. The van der Waals surface area contributed by atoms with Gasteiger partial charge in [-0.05, 0) is 61.4 Å². The van der Waals surface area contributed by atoms with Gasteiger partial charge in [0.05, 0.1) is 12.0 Å². The van der Waals surface area contributed by atoms with Crippen LogP contribution in [0, 0.1) is 16.0 Å². The quantitative estimate of drug-likeness (QED) is 0.230. The van der Waals surface area contributed by atoms with Gasteiger partial charge in [-0.2, -0.15) is 0 Å². The summed E-state index contributed by atoms with van der Waals surface area (Å²) in [6, 6.07) is 22.8. The van der Waals surface area contributed by atoms with Crippen LogP contribution in [0.25, 0.3) is 6.08 Å². The van der Waals surface area contributed by atoms with E-state index in [2.05, 4.69) is 26.0 Å². The van der Waals surface area contributed by atoms with E-state index in [1.54, 1.807) is 19.2 Å². The zero-order valence-corrected chi connectivity index (χ0v) is 19.5. The number of allylic oxidation sites excluding steroid dienone is 1. The third-order valence-electron chi connectivity index (χ3n) is 5.62. The van der Waals surface area contributed by atoms with E-state index in [4.69, 9.17) is 9.47 Å². The molecule has 0 aliphatic rings. The third-order valence-corrected chi connectivity index (χ3v) is 5.62. The van der Waals surface area contributed by atoms with Crippen molar-refractivity contribution in [2.75, 3.05) is 7.11 Å². The predicted molar refractivity (Wildman–Crippen MR) is 133 cm³/mol. The van der Waals surface area contributed by atoms with Crippen LogP contribution in [0.2, 0.25) is 0 Å². The molecule has 0 bridgehead atoms. The van der Waals surface area contributed by atoms with Gasteiger partial charge in [0.15, 0.2) is 0 Å². The fourth-order valence-electron chi connectivity index (χ4n) is 3.79. The molecular weight excluding hydrogens is 414 g/mol. The monoisotopic (exact) mass is 445 g/mol. The molecule has 0 N–H and O–H groups in total. The maximum Gasteiger partial charge on any atom is 0.269 e. The third kappa shape index (κ3) is 7.49. The van der Waals surface area contributed by atoms with Gasteiger partial charge in [0.2, 0.25) is 0 Å². The molecule has 0 aliphatic carbocycles. The lowest BCUT2D eigenvalue weighted by Gasteiger charge is -2.13. The van der Waals surface area contributed by atoms with Crippen molar-refractivity contribution in [3.05, 3.63) is 105 Å². The Morgan fingerprint density at radius 1 is 1.00 bits per heavy atom. The van der Waals surface area contributed by atoms with Gasteiger partial charge >= 0.3 is 0 Å². The summed E-state index contributed by atoms with van der Waals surface area (Å²) in [4.78, 5) is 10.4. The van der Waals surface area contributed by atoms with Gasteiger partial charge in [-0.25, -0.2) is 0 Å². The number of ether oxygens (including phenoxy) is 2. The summed E-state index contributed by atoms with van der Waals surface area (Å²) in [6.45, 7) is 4.90. The van der Waals surface area contributed by atoms with Crippen LogP contribution in [-0.2, 0) is 13.0 Å². The average molecular weight is 446 g/mol. The van der Waals surface area contributed by atoms with Crippen molar-refractivity contribution in [2.24, 2.45) is 5.92 Å². The van der Waals surface area contributed by atoms with Crippen LogP contribution < -0.4 is 9.47 Å². The topological polar surface area (TPSA) is 61.6 Å². The van der Waals surface area contributed by atoms with E-state index < -0.39 is 0 Å². The lowest BCUT2D eigenvalue weighted by Crippen LogP contribution is -2.00. The number of nitrogens with zero attached hydrogens (tertiary/aromatic N) is 1. The van der Waals surface area contributed by atoms with Crippen LogP contribution >= 0.6 is 0 Å². The Morgan fingerprint density at radius 3 is 2.33 bits per heavy atom. The smallest absolute Gasteiger partial charge is 0.269 e. The van der Waals surface area contributed by atoms with Crippen LogP contribution in [0.5, 0.6) is 11.5 Å². The first-order valence-electron chi connectivity index (χ1n) is 11.2. The zero-order chi connectivity index (χ0) is 23.6. The maximum atomic E-state index is 10.8. The molecule has 0 heterocycles. The fourth-order valence-corrected chi connectivity index (χ4v) is 3.79. The van der Waals surface area contributed by atoms with Crippen molar-refractivity contribution < 1.29 is 14.4 Å². The van der Waals surface area contributed by atoms with Crippen molar-refractivity contribution in [1.29, 1.82) is 0 Å². The second-order valence-electron chi connectivity index (χ2n) is 8.44. The summed E-state index contributed by atoms with van der Waals surface area (Å²) in [7, 11) is 1.66. The van der Waals surface area contributed by atoms with Gasteiger partial charge in [0.25, 0.3) is 5.69 Å². The molecule has 5 heteroatoms. The molecule has 0 amide bonds. The molecule has 0 fully saturated rings. The molecule has 0 aliphatic heterocycles. The van der Waals surface area contributed by atoms with Crippen LogP contribution in [-0.4, -0.2) is 12.0 Å². The van der Waals surface area contributed by atoms with Crippen LogP contribution in [0.15, 0.2) is 78.4 Å².